The van der Waals surface area contributed by atoms with E-state index < -0.39 is 23.7 Å². The van der Waals surface area contributed by atoms with Crippen molar-refractivity contribution < 1.29 is 18.0 Å². The minimum Gasteiger partial charge on any atom is -0.346 e. The highest BCUT2D eigenvalue weighted by atomic mass is 19.4. The van der Waals surface area contributed by atoms with Gasteiger partial charge in [-0.15, -0.1) is 0 Å². The molecule has 0 radical (unpaired) electrons. The number of nitrogens with zero attached hydrogens (tertiary/aromatic N) is 1. The van der Waals surface area contributed by atoms with Crippen LogP contribution in [-0.2, 0) is 6.18 Å². The molecule has 0 aliphatic heterocycles. The molecule has 2 aromatic rings. The van der Waals surface area contributed by atoms with Gasteiger partial charge in [0.25, 0.3) is 5.91 Å². The number of alkyl halides is 3. The van der Waals surface area contributed by atoms with Gasteiger partial charge in [-0.05, 0) is 42.8 Å². The van der Waals surface area contributed by atoms with Crippen LogP contribution >= 0.6 is 0 Å². The second-order valence-electron chi connectivity index (χ2n) is 5.01. The molecule has 0 aliphatic rings. The normalized spacial score (nSPS) is 12.3. The predicted molar refractivity (Wildman–Crippen MR) is 78.5 cm³/mol. The molecule has 0 aromatic heterocycles. The SMILES string of the molecule is CC(NC(=O)c1cccc(C#N)c1)c1cccc(C(F)(F)F)c1. The van der Waals surface area contributed by atoms with Crippen molar-refractivity contribution >= 4 is 5.91 Å². The maximum absolute atomic E-state index is 12.7. The largest absolute Gasteiger partial charge is 0.416 e. The van der Waals surface area contributed by atoms with E-state index in [0.717, 1.165) is 12.1 Å². The Hall–Kier alpha value is -2.81. The van der Waals surface area contributed by atoms with Crippen molar-refractivity contribution in [2.24, 2.45) is 0 Å². The lowest BCUT2D eigenvalue weighted by Crippen LogP contribution is -2.26. The van der Waals surface area contributed by atoms with Crippen molar-refractivity contribution in [3.8, 4) is 6.07 Å². The molecule has 23 heavy (non-hydrogen) atoms. The Bertz CT molecular complexity index is 763. The molecule has 0 spiro atoms. The molecule has 0 bridgehead atoms. The van der Waals surface area contributed by atoms with Crippen LogP contribution in [0.25, 0.3) is 0 Å². The Morgan fingerprint density at radius 2 is 1.87 bits per heavy atom. The first kappa shape index (κ1) is 16.6. The number of hydrogen-bond acceptors (Lipinski definition) is 2. The van der Waals surface area contributed by atoms with Crippen LogP contribution in [0.3, 0.4) is 0 Å². The summed E-state index contributed by atoms with van der Waals surface area (Å²) >= 11 is 0. The minimum absolute atomic E-state index is 0.280. The van der Waals surface area contributed by atoms with Gasteiger partial charge in [0.05, 0.1) is 23.2 Å². The molecule has 0 aliphatic carbocycles. The zero-order chi connectivity index (χ0) is 17.0. The van der Waals surface area contributed by atoms with E-state index in [1.807, 2.05) is 6.07 Å². The summed E-state index contributed by atoms with van der Waals surface area (Å²) in [5, 5.41) is 11.4. The van der Waals surface area contributed by atoms with Gasteiger partial charge in [0.2, 0.25) is 0 Å². The van der Waals surface area contributed by atoms with Crippen molar-refractivity contribution in [1.82, 2.24) is 5.32 Å². The van der Waals surface area contributed by atoms with Gasteiger partial charge in [-0.1, -0.05) is 18.2 Å². The number of benzene rings is 2. The van der Waals surface area contributed by atoms with Gasteiger partial charge >= 0.3 is 6.18 Å². The average Bonchev–Trinajstić information content (AvgIpc) is 2.54. The van der Waals surface area contributed by atoms with Gasteiger partial charge in [-0.2, -0.15) is 18.4 Å². The van der Waals surface area contributed by atoms with Gasteiger partial charge in [0, 0.05) is 5.56 Å². The third kappa shape index (κ3) is 4.10. The molecule has 1 unspecified atom stereocenters. The van der Waals surface area contributed by atoms with Gasteiger partial charge in [0.1, 0.15) is 0 Å². The lowest BCUT2D eigenvalue weighted by molar-refractivity contribution is -0.137. The van der Waals surface area contributed by atoms with E-state index >= 15 is 0 Å². The molecule has 1 N–H and O–H groups in total. The standard InChI is InChI=1S/C17H13F3N2O/c1-11(13-5-3-7-15(9-13)17(18,19)20)22-16(23)14-6-2-4-12(8-14)10-21/h2-9,11H,1H3,(H,22,23). The minimum atomic E-state index is -4.43. The van der Waals surface area contributed by atoms with E-state index in [4.69, 9.17) is 5.26 Å². The summed E-state index contributed by atoms with van der Waals surface area (Å²) in [7, 11) is 0. The smallest absolute Gasteiger partial charge is 0.346 e. The molecule has 3 nitrogen and oxygen atoms in total. The van der Waals surface area contributed by atoms with Crippen LogP contribution in [0.2, 0.25) is 0 Å². The molecule has 2 rings (SSSR count). The Balaban J connectivity index is 2.17. The third-order valence-corrected chi connectivity index (χ3v) is 3.32. The average molecular weight is 318 g/mol. The van der Waals surface area contributed by atoms with Gasteiger partial charge in [0.15, 0.2) is 0 Å². The summed E-state index contributed by atoms with van der Waals surface area (Å²) in [6.45, 7) is 1.60. The number of carbonyl (C=O) groups excluding carboxylic acids is 1. The van der Waals surface area contributed by atoms with Crippen LogP contribution in [-0.4, -0.2) is 5.91 Å². The second-order valence-corrected chi connectivity index (χ2v) is 5.01. The predicted octanol–water partition coefficient (Wildman–Crippen LogP) is 4.07. The zero-order valence-corrected chi connectivity index (χ0v) is 12.2. The molecular weight excluding hydrogens is 305 g/mol. The first-order valence-corrected chi connectivity index (χ1v) is 6.79. The molecule has 1 amide bonds. The number of rotatable bonds is 3. The fourth-order valence-corrected chi connectivity index (χ4v) is 2.08. The van der Waals surface area contributed by atoms with Crippen molar-refractivity contribution in [2.45, 2.75) is 19.1 Å². The third-order valence-electron chi connectivity index (χ3n) is 3.32. The summed E-state index contributed by atoms with van der Waals surface area (Å²) < 4.78 is 38.2. The van der Waals surface area contributed by atoms with Crippen LogP contribution in [0, 0.1) is 11.3 Å². The van der Waals surface area contributed by atoms with Crippen molar-refractivity contribution in [3.05, 3.63) is 70.8 Å². The Morgan fingerprint density at radius 1 is 1.17 bits per heavy atom. The Morgan fingerprint density at radius 3 is 2.52 bits per heavy atom. The van der Waals surface area contributed by atoms with Crippen LogP contribution in [0.4, 0.5) is 13.2 Å². The van der Waals surface area contributed by atoms with Crippen molar-refractivity contribution in [2.75, 3.05) is 0 Å². The Kier molecular flexibility index (Phi) is 4.70. The number of amides is 1. The number of carbonyl (C=O) groups is 1. The zero-order valence-electron chi connectivity index (χ0n) is 12.2. The maximum Gasteiger partial charge on any atom is 0.416 e. The van der Waals surface area contributed by atoms with E-state index in [9.17, 15) is 18.0 Å². The topological polar surface area (TPSA) is 52.9 Å². The van der Waals surface area contributed by atoms with Crippen LogP contribution in [0.15, 0.2) is 48.5 Å². The van der Waals surface area contributed by atoms with E-state index in [2.05, 4.69) is 5.32 Å². The lowest BCUT2D eigenvalue weighted by atomic mass is 10.0. The summed E-state index contributed by atoms with van der Waals surface area (Å²) in [6.07, 6.45) is -4.43. The van der Waals surface area contributed by atoms with E-state index in [1.165, 1.54) is 24.3 Å². The monoisotopic (exact) mass is 318 g/mol. The first-order valence-electron chi connectivity index (χ1n) is 6.79. The summed E-state index contributed by atoms with van der Waals surface area (Å²) in [6, 6.07) is 12.2. The molecule has 1 atom stereocenters. The van der Waals surface area contributed by atoms with E-state index in [0.29, 0.717) is 11.1 Å². The molecule has 0 heterocycles. The highest BCUT2D eigenvalue weighted by Gasteiger charge is 2.30. The lowest BCUT2D eigenvalue weighted by Gasteiger charge is -2.16. The van der Waals surface area contributed by atoms with Gasteiger partial charge < -0.3 is 5.32 Å². The number of halogens is 3. The number of hydrogen-bond donors (Lipinski definition) is 1. The molecule has 0 fully saturated rings. The molecule has 0 saturated heterocycles. The molecule has 0 saturated carbocycles. The first-order chi connectivity index (χ1) is 10.8. The maximum atomic E-state index is 12.7. The fraction of sp³-hybridized carbons (Fsp3) is 0.176. The molecule has 2 aromatic carbocycles. The number of nitriles is 1. The molecular formula is C17H13F3N2O. The molecule has 6 heteroatoms. The summed E-state index contributed by atoms with van der Waals surface area (Å²) in [5.74, 6) is -0.452. The highest BCUT2D eigenvalue weighted by Crippen LogP contribution is 2.30. The number of nitrogens with one attached hydrogen (secondary N) is 1. The molecule has 118 valence electrons. The van der Waals surface area contributed by atoms with Crippen LogP contribution < -0.4 is 5.32 Å². The van der Waals surface area contributed by atoms with Crippen LogP contribution in [0.5, 0.6) is 0 Å². The second kappa shape index (κ2) is 6.53. The quantitative estimate of drug-likeness (QED) is 0.927. The van der Waals surface area contributed by atoms with E-state index in [-0.39, 0.29) is 5.56 Å². The van der Waals surface area contributed by atoms with Crippen molar-refractivity contribution in [1.29, 1.82) is 5.26 Å². The summed E-state index contributed by atoms with van der Waals surface area (Å²) in [5.41, 5.74) is 0.208. The van der Waals surface area contributed by atoms with E-state index in [1.54, 1.807) is 19.1 Å². The fourth-order valence-electron chi connectivity index (χ4n) is 2.08. The van der Waals surface area contributed by atoms with Gasteiger partial charge in [-0.3, -0.25) is 4.79 Å². The highest BCUT2D eigenvalue weighted by molar-refractivity contribution is 5.94. The van der Waals surface area contributed by atoms with Gasteiger partial charge in [-0.25, -0.2) is 0 Å². The summed E-state index contributed by atoms with van der Waals surface area (Å²) in [4.78, 5) is 12.1. The Labute approximate surface area is 131 Å². The van der Waals surface area contributed by atoms with Crippen molar-refractivity contribution in [3.63, 3.8) is 0 Å². The van der Waals surface area contributed by atoms with Crippen LogP contribution in [0.1, 0.15) is 40.0 Å².